The normalized spacial score (nSPS) is 18.0. The quantitative estimate of drug-likeness (QED) is 0.626. The van der Waals surface area contributed by atoms with Crippen molar-refractivity contribution in [1.29, 1.82) is 0 Å². The van der Waals surface area contributed by atoms with Crippen LogP contribution >= 0.6 is 11.6 Å². The zero-order valence-electron chi connectivity index (χ0n) is 13.6. The van der Waals surface area contributed by atoms with E-state index < -0.39 is 4.92 Å². The highest BCUT2D eigenvalue weighted by Crippen LogP contribution is 2.32. The first-order chi connectivity index (χ1) is 11.4. The predicted octanol–water partition coefficient (Wildman–Crippen LogP) is 2.97. The Morgan fingerprint density at radius 3 is 2.88 bits per heavy atom. The van der Waals surface area contributed by atoms with Crippen molar-refractivity contribution < 1.29 is 9.66 Å². The molecule has 0 aliphatic carbocycles. The van der Waals surface area contributed by atoms with Crippen LogP contribution < -0.4 is 4.90 Å². The summed E-state index contributed by atoms with van der Waals surface area (Å²) in [5.41, 5.74) is 2.64. The van der Waals surface area contributed by atoms with Crippen molar-refractivity contribution in [2.45, 2.75) is 26.5 Å². The van der Waals surface area contributed by atoms with Gasteiger partial charge in [0.25, 0.3) is 5.69 Å². The van der Waals surface area contributed by atoms with E-state index in [9.17, 15) is 10.1 Å². The SMILES string of the molecule is Cc1cc(C)n(CC2CN(c3ccc(Cl)cc3[N+](=O)[O-])CCO2)n1. The van der Waals surface area contributed by atoms with E-state index in [2.05, 4.69) is 5.10 Å². The molecule has 2 aromatic rings. The number of aryl methyl sites for hydroxylation is 2. The lowest BCUT2D eigenvalue weighted by Gasteiger charge is -2.34. The Bertz CT molecular complexity index is 762. The van der Waals surface area contributed by atoms with Gasteiger partial charge in [0, 0.05) is 29.9 Å². The zero-order chi connectivity index (χ0) is 17.3. The second-order valence-electron chi connectivity index (χ2n) is 5.94. The number of anilines is 1. The minimum Gasteiger partial charge on any atom is -0.373 e. The fourth-order valence-corrected chi connectivity index (χ4v) is 3.18. The summed E-state index contributed by atoms with van der Waals surface area (Å²) in [5, 5.41) is 16.1. The van der Waals surface area contributed by atoms with E-state index in [-0.39, 0.29) is 11.8 Å². The summed E-state index contributed by atoms with van der Waals surface area (Å²) in [6.07, 6.45) is -0.0768. The standard InChI is InChI=1S/C16H19ClN4O3/c1-11-7-12(2)20(18-11)10-14-9-19(5-6-24-14)15-4-3-13(17)8-16(15)21(22)23/h3-4,7-8,14H,5-6,9-10H2,1-2H3. The van der Waals surface area contributed by atoms with Gasteiger partial charge in [-0.1, -0.05) is 11.6 Å². The van der Waals surface area contributed by atoms with Crippen LogP contribution in [0.3, 0.4) is 0 Å². The van der Waals surface area contributed by atoms with Gasteiger partial charge in [-0.25, -0.2) is 0 Å². The maximum Gasteiger partial charge on any atom is 0.294 e. The molecular formula is C16H19ClN4O3. The molecule has 3 rings (SSSR count). The summed E-state index contributed by atoms with van der Waals surface area (Å²) < 4.78 is 7.74. The molecule has 1 aliphatic rings. The van der Waals surface area contributed by atoms with Gasteiger partial charge in [-0.05, 0) is 32.0 Å². The molecule has 1 unspecified atom stereocenters. The van der Waals surface area contributed by atoms with E-state index in [1.54, 1.807) is 12.1 Å². The Balaban J connectivity index is 1.79. The first kappa shape index (κ1) is 16.7. The lowest BCUT2D eigenvalue weighted by Crippen LogP contribution is -2.44. The zero-order valence-corrected chi connectivity index (χ0v) is 14.4. The summed E-state index contributed by atoms with van der Waals surface area (Å²) in [6, 6.07) is 6.79. The van der Waals surface area contributed by atoms with Crippen molar-refractivity contribution in [1.82, 2.24) is 9.78 Å². The average molecular weight is 351 g/mol. The van der Waals surface area contributed by atoms with Crippen molar-refractivity contribution in [2.75, 3.05) is 24.6 Å². The summed E-state index contributed by atoms with van der Waals surface area (Å²) in [6.45, 7) is 6.28. The number of ether oxygens (including phenoxy) is 1. The van der Waals surface area contributed by atoms with E-state index in [1.165, 1.54) is 6.07 Å². The first-order valence-electron chi connectivity index (χ1n) is 7.75. The van der Waals surface area contributed by atoms with Crippen LogP contribution in [0.2, 0.25) is 5.02 Å². The van der Waals surface area contributed by atoms with E-state index in [0.29, 0.717) is 37.0 Å². The van der Waals surface area contributed by atoms with Crippen LogP contribution in [0.4, 0.5) is 11.4 Å². The lowest BCUT2D eigenvalue weighted by atomic mass is 10.2. The third kappa shape index (κ3) is 3.52. The number of rotatable bonds is 4. The third-order valence-electron chi connectivity index (χ3n) is 4.09. The van der Waals surface area contributed by atoms with Crippen molar-refractivity contribution in [3.8, 4) is 0 Å². The molecule has 0 bridgehead atoms. The number of morpholine rings is 1. The highest BCUT2D eigenvalue weighted by Gasteiger charge is 2.27. The van der Waals surface area contributed by atoms with Crippen molar-refractivity contribution in [2.24, 2.45) is 0 Å². The fourth-order valence-electron chi connectivity index (χ4n) is 3.01. The van der Waals surface area contributed by atoms with E-state index in [0.717, 1.165) is 11.4 Å². The molecule has 7 nitrogen and oxygen atoms in total. The van der Waals surface area contributed by atoms with Gasteiger partial charge in [0.05, 0.1) is 29.9 Å². The molecule has 8 heteroatoms. The van der Waals surface area contributed by atoms with Gasteiger partial charge in [-0.15, -0.1) is 0 Å². The Morgan fingerprint density at radius 1 is 1.42 bits per heavy atom. The van der Waals surface area contributed by atoms with Gasteiger partial charge in [0.1, 0.15) is 5.69 Å². The summed E-state index contributed by atoms with van der Waals surface area (Å²) in [4.78, 5) is 12.9. The Morgan fingerprint density at radius 2 is 2.21 bits per heavy atom. The average Bonchev–Trinajstić information content (AvgIpc) is 2.85. The molecule has 0 N–H and O–H groups in total. The second kappa shape index (κ2) is 6.78. The van der Waals surface area contributed by atoms with Gasteiger partial charge in [-0.2, -0.15) is 5.10 Å². The predicted molar refractivity (Wildman–Crippen MR) is 91.8 cm³/mol. The van der Waals surface area contributed by atoms with Crippen LogP contribution in [0.15, 0.2) is 24.3 Å². The third-order valence-corrected chi connectivity index (χ3v) is 4.33. The van der Waals surface area contributed by atoms with Crippen LogP contribution in [0.5, 0.6) is 0 Å². The summed E-state index contributed by atoms with van der Waals surface area (Å²) in [5.74, 6) is 0. The Hall–Kier alpha value is -2.12. The van der Waals surface area contributed by atoms with E-state index >= 15 is 0 Å². The Kier molecular flexibility index (Phi) is 4.73. The molecule has 0 radical (unpaired) electrons. The first-order valence-corrected chi connectivity index (χ1v) is 8.13. The van der Waals surface area contributed by atoms with Gasteiger partial charge < -0.3 is 9.64 Å². The van der Waals surface area contributed by atoms with Gasteiger partial charge >= 0.3 is 0 Å². The number of hydrogen-bond donors (Lipinski definition) is 0. The highest BCUT2D eigenvalue weighted by atomic mass is 35.5. The minimum atomic E-state index is -0.396. The summed E-state index contributed by atoms with van der Waals surface area (Å²) in [7, 11) is 0. The smallest absolute Gasteiger partial charge is 0.294 e. The van der Waals surface area contributed by atoms with Crippen LogP contribution in [0.25, 0.3) is 0 Å². The summed E-state index contributed by atoms with van der Waals surface area (Å²) >= 11 is 5.90. The molecule has 1 saturated heterocycles. The molecule has 0 amide bonds. The van der Waals surface area contributed by atoms with Crippen LogP contribution in [0, 0.1) is 24.0 Å². The maximum absolute atomic E-state index is 11.3. The monoisotopic (exact) mass is 350 g/mol. The number of halogens is 1. The number of nitrogens with zero attached hydrogens (tertiary/aromatic N) is 4. The molecule has 24 heavy (non-hydrogen) atoms. The largest absolute Gasteiger partial charge is 0.373 e. The molecular weight excluding hydrogens is 332 g/mol. The van der Waals surface area contributed by atoms with E-state index in [4.69, 9.17) is 16.3 Å². The maximum atomic E-state index is 11.3. The van der Waals surface area contributed by atoms with Crippen LogP contribution in [0.1, 0.15) is 11.4 Å². The molecule has 0 spiro atoms. The number of hydrogen-bond acceptors (Lipinski definition) is 5. The van der Waals surface area contributed by atoms with E-state index in [1.807, 2.05) is 29.5 Å². The molecule has 2 heterocycles. The van der Waals surface area contributed by atoms with Crippen molar-refractivity contribution >= 4 is 23.0 Å². The fraction of sp³-hybridized carbons (Fsp3) is 0.438. The molecule has 1 aromatic heterocycles. The van der Waals surface area contributed by atoms with Gasteiger partial charge in [0.15, 0.2) is 0 Å². The van der Waals surface area contributed by atoms with Crippen molar-refractivity contribution in [3.63, 3.8) is 0 Å². The Labute approximate surface area is 144 Å². The number of nitro benzene ring substituents is 1. The van der Waals surface area contributed by atoms with Crippen molar-refractivity contribution in [3.05, 3.63) is 50.8 Å². The molecule has 1 fully saturated rings. The molecule has 1 aliphatic heterocycles. The topological polar surface area (TPSA) is 73.4 Å². The minimum absolute atomic E-state index is 0.0225. The molecule has 0 saturated carbocycles. The lowest BCUT2D eigenvalue weighted by molar-refractivity contribution is -0.384. The van der Waals surface area contributed by atoms with Gasteiger partial charge in [0.2, 0.25) is 0 Å². The molecule has 1 atom stereocenters. The second-order valence-corrected chi connectivity index (χ2v) is 6.37. The number of benzene rings is 1. The number of aromatic nitrogens is 2. The number of nitro groups is 1. The van der Waals surface area contributed by atoms with Gasteiger partial charge in [-0.3, -0.25) is 14.8 Å². The molecule has 1 aromatic carbocycles. The molecule has 128 valence electrons. The van der Waals surface area contributed by atoms with Crippen LogP contribution in [-0.2, 0) is 11.3 Å². The highest BCUT2D eigenvalue weighted by molar-refractivity contribution is 6.30. The van der Waals surface area contributed by atoms with Crippen LogP contribution in [-0.4, -0.2) is 40.5 Å².